The van der Waals surface area contributed by atoms with Crippen LogP contribution in [0.4, 0.5) is 11.4 Å². The van der Waals surface area contributed by atoms with Gasteiger partial charge in [0.2, 0.25) is 11.8 Å². The number of benzene rings is 3. The van der Waals surface area contributed by atoms with Gasteiger partial charge in [-0.1, -0.05) is 62.4 Å². The molecule has 0 radical (unpaired) electrons. The fourth-order valence-corrected chi connectivity index (χ4v) is 4.01. The highest BCUT2D eigenvalue weighted by molar-refractivity contribution is 8.00. The molecule has 1 unspecified atom stereocenters. The van der Waals surface area contributed by atoms with Crippen molar-refractivity contribution in [3.8, 4) is 0 Å². The molecular weight excluding hydrogens is 404 g/mol. The standard InChI is InChI=1S/C26H28N2O2S/c1-18(2)21-12-14-22(15-13-21)28-26(30)19(3)31-24-11-7-10-23(17-24)27-25(29)16-20-8-5-4-6-9-20/h4-15,17-19H,16H2,1-3H3,(H,27,29)(H,28,30). The third-order valence-corrected chi connectivity index (χ3v) is 5.95. The van der Waals surface area contributed by atoms with Crippen LogP contribution in [-0.2, 0) is 16.0 Å². The molecule has 0 saturated heterocycles. The molecule has 0 aliphatic carbocycles. The van der Waals surface area contributed by atoms with Gasteiger partial charge in [0.05, 0.1) is 11.7 Å². The highest BCUT2D eigenvalue weighted by Gasteiger charge is 2.15. The maximum absolute atomic E-state index is 12.6. The van der Waals surface area contributed by atoms with Gasteiger partial charge in [0.25, 0.3) is 0 Å². The number of thioether (sulfide) groups is 1. The average molecular weight is 433 g/mol. The first-order chi connectivity index (χ1) is 14.9. The van der Waals surface area contributed by atoms with Gasteiger partial charge in [-0.05, 0) is 54.3 Å². The number of hydrogen-bond donors (Lipinski definition) is 2. The van der Waals surface area contributed by atoms with Gasteiger partial charge in [-0.2, -0.15) is 0 Å². The van der Waals surface area contributed by atoms with E-state index in [0.29, 0.717) is 12.3 Å². The van der Waals surface area contributed by atoms with Crippen LogP contribution in [0.1, 0.15) is 37.8 Å². The fourth-order valence-electron chi connectivity index (χ4n) is 3.09. The molecule has 0 aromatic heterocycles. The average Bonchev–Trinajstić information content (AvgIpc) is 2.75. The van der Waals surface area contributed by atoms with Crippen LogP contribution in [0.2, 0.25) is 0 Å². The monoisotopic (exact) mass is 432 g/mol. The maximum atomic E-state index is 12.6. The zero-order valence-corrected chi connectivity index (χ0v) is 18.9. The number of carbonyl (C=O) groups excluding carboxylic acids is 2. The van der Waals surface area contributed by atoms with Crippen LogP contribution in [0.5, 0.6) is 0 Å². The zero-order valence-electron chi connectivity index (χ0n) is 18.1. The van der Waals surface area contributed by atoms with Gasteiger partial charge < -0.3 is 10.6 Å². The molecule has 3 aromatic carbocycles. The van der Waals surface area contributed by atoms with Crippen LogP contribution in [-0.4, -0.2) is 17.1 Å². The van der Waals surface area contributed by atoms with Crippen LogP contribution in [0, 0.1) is 0 Å². The third-order valence-electron chi connectivity index (χ3n) is 4.85. The minimum atomic E-state index is -0.278. The molecule has 3 aromatic rings. The van der Waals surface area contributed by atoms with E-state index in [1.54, 1.807) is 0 Å². The van der Waals surface area contributed by atoms with Gasteiger partial charge in [-0.15, -0.1) is 11.8 Å². The number of hydrogen-bond acceptors (Lipinski definition) is 3. The Morgan fingerprint density at radius 2 is 1.52 bits per heavy atom. The second-order valence-corrected chi connectivity index (χ2v) is 9.18. The Kier molecular flexibility index (Phi) is 7.90. The minimum absolute atomic E-state index is 0.0548. The second-order valence-electron chi connectivity index (χ2n) is 7.76. The predicted molar refractivity (Wildman–Crippen MR) is 130 cm³/mol. The summed E-state index contributed by atoms with van der Waals surface area (Å²) in [5.41, 5.74) is 3.73. The summed E-state index contributed by atoms with van der Waals surface area (Å²) >= 11 is 1.46. The molecule has 2 amide bonds. The molecule has 4 nitrogen and oxygen atoms in total. The van der Waals surface area contributed by atoms with E-state index in [4.69, 9.17) is 0 Å². The van der Waals surface area contributed by atoms with Crippen molar-refractivity contribution >= 4 is 35.0 Å². The Bertz CT molecular complexity index is 1020. The van der Waals surface area contributed by atoms with E-state index >= 15 is 0 Å². The second kappa shape index (κ2) is 10.8. The number of rotatable bonds is 8. The van der Waals surface area contributed by atoms with Gasteiger partial charge in [-0.3, -0.25) is 9.59 Å². The summed E-state index contributed by atoms with van der Waals surface area (Å²) in [5.74, 6) is 0.337. The highest BCUT2D eigenvalue weighted by atomic mass is 32.2. The quantitative estimate of drug-likeness (QED) is 0.422. The fraction of sp³-hybridized carbons (Fsp3) is 0.231. The summed E-state index contributed by atoms with van der Waals surface area (Å²) in [5, 5.41) is 5.63. The van der Waals surface area contributed by atoms with E-state index in [2.05, 4.69) is 24.5 Å². The number of nitrogens with one attached hydrogen (secondary N) is 2. The normalized spacial score (nSPS) is 11.7. The van der Waals surface area contributed by atoms with Crippen molar-refractivity contribution in [3.63, 3.8) is 0 Å². The smallest absolute Gasteiger partial charge is 0.237 e. The minimum Gasteiger partial charge on any atom is -0.326 e. The summed E-state index contributed by atoms with van der Waals surface area (Å²) in [6.07, 6.45) is 0.326. The van der Waals surface area contributed by atoms with E-state index in [1.165, 1.54) is 17.3 Å². The van der Waals surface area contributed by atoms with Crippen LogP contribution < -0.4 is 10.6 Å². The van der Waals surface area contributed by atoms with Crippen LogP contribution in [0.15, 0.2) is 83.8 Å². The molecule has 0 fully saturated rings. The first-order valence-electron chi connectivity index (χ1n) is 10.4. The van der Waals surface area contributed by atoms with Crippen molar-refractivity contribution in [3.05, 3.63) is 90.0 Å². The molecule has 0 heterocycles. The van der Waals surface area contributed by atoms with Crippen LogP contribution >= 0.6 is 11.8 Å². The Balaban J connectivity index is 1.55. The van der Waals surface area contributed by atoms with Crippen molar-refractivity contribution in [1.29, 1.82) is 0 Å². The molecule has 0 aliphatic rings. The topological polar surface area (TPSA) is 58.2 Å². The van der Waals surface area contributed by atoms with Crippen LogP contribution in [0.25, 0.3) is 0 Å². The number of anilines is 2. The van der Waals surface area contributed by atoms with Crippen molar-refractivity contribution < 1.29 is 9.59 Å². The first-order valence-corrected chi connectivity index (χ1v) is 11.3. The zero-order chi connectivity index (χ0) is 22.2. The van der Waals surface area contributed by atoms with Crippen molar-refractivity contribution in [2.24, 2.45) is 0 Å². The number of amides is 2. The Morgan fingerprint density at radius 1 is 0.806 bits per heavy atom. The van der Waals surface area contributed by atoms with Crippen molar-refractivity contribution in [2.75, 3.05) is 10.6 Å². The summed E-state index contributed by atoms with van der Waals surface area (Å²) in [6, 6.07) is 25.2. The summed E-state index contributed by atoms with van der Waals surface area (Å²) in [4.78, 5) is 25.8. The lowest BCUT2D eigenvalue weighted by Crippen LogP contribution is -2.22. The summed E-state index contributed by atoms with van der Waals surface area (Å²) < 4.78 is 0. The van der Waals surface area contributed by atoms with E-state index in [0.717, 1.165) is 21.8 Å². The Morgan fingerprint density at radius 3 is 2.19 bits per heavy atom. The van der Waals surface area contributed by atoms with Gasteiger partial charge in [0.1, 0.15) is 0 Å². The SMILES string of the molecule is CC(Sc1cccc(NC(=O)Cc2ccccc2)c1)C(=O)Nc1ccc(C(C)C)cc1. The molecule has 5 heteroatoms. The molecule has 160 valence electrons. The Hall–Kier alpha value is -3.05. The van der Waals surface area contributed by atoms with E-state index < -0.39 is 0 Å². The number of carbonyl (C=O) groups is 2. The van der Waals surface area contributed by atoms with Gasteiger partial charge in [0.15, 0.2) is 0 Å². The van der Waals surface area contributed by atoms with Gasteiger partial charge in [0, 0.05) is 16.3 Å². The predicted octanol–water partition coefficient (Wildman–Crippen LogP) is 6.11. The summed E-state index contributed by atoms with van der Waals surface area (Å²) in [7, 11) is 0. The molecule has 0 saturated carbocycles. The van der Waals surface area contributed by atoms with Crippen molar-refractivity contribution in [2.45, 2.75) is 43.3 Å². The lowest BCUT2D eigenvalue weighted by molar-refractivity contribution is -0.116. The van der Waals surface area contributed by atoms with Gasteiger partial charge >= 0.3 is 0 Å². The molecule has 3 rings (SSSR count). The van der Waals surface area contributed by atoms with E-state index in [1.807, 2.05) is 85.8 Å². The van der Waals surface area contributed by atoms with Crippen LogP contribution in [0.3, 0.4) is 0 Å². The Labute approximate surface area is 188 Å². The first kappa shape index (κ1) is 22.6. The molecule has 1 atom stereocenters. The molecule has 0 spiro atoms. The lowest BCUT2D eigenvalue weighted by Gasteiger charge is -2.14. The maximum Gasteiger partial charge on any atom is 0.237 e. The largest absolute Gasteiger partial charge is 0.326 e. The van der Waals surface area contributed by atoms with E-state index in [9.17, 15) is 9.59 Å². The molecule has 0 bridgehead atoms. The summed E-state index contributed by atoms with van der Waals surface area (Å²) in [6.45, 7) is 6.16. The van der Waals surface area contributed by atoms with E-state index in [-0.39, 0.29) is 17.1 Å². The highest BCUT2D eigenvalue weighted by Crippen LogP contribution is 2.27. The molecule has 2 N–H and O–H groups in total. The van der Waals surface area contributed by atoms with Gasteiger partial charge in [-0.25, -0.2) is 0 Å². The molecular formula is C26H28N2O2S. The lowest BCUT2D eigenvalue weighted by atomic mass is 10.0. The molecule has 0 aliphatic heterocycles. The van der Waals surface area contributed by atoms with Crippen molar-refractivity contribution in [1.82, 2.24) is 0 Å². The third kappa shape index (κ3) is 7.00. The molecule has 31 heavy (non-hydrogen) atoms.